The Balaban J connectivity index is 2.63. The number of hydrogen-bond donors (Lipinski definition) is 4. The quantitative estimate of drug-likeness (QED) is 0.447. The SMILES string of the molecule is CC/C=C/C[C@H](O)/C=C/[C@@H]1[C@@H](CC(=O)CCC(=O)O)[C@@H](O)C[C@H]1O. The summed E-state index contributed by atoms with van der Waals surface area (Å²) in [5.41, 5.74) is 0. The third kappa shape index (κ3) is 6.95. The number of rotatable bonds is 10. The monoisotopic (exact) mass is 340 g/mol. The predicted octanol–water partition coefficient (Wildman–Crippen LogP) is 1.44. The molecule has 0 spiro atoms. The fraction of sp³-hybridized carbons (Fsp3) is 0.667. The fourth-order valence-electron chi connectivity index (χ4n) is 3.01. The summed E-state index contributed by atoms with van der Waals surface area (Å²) in [4.78, 5) is 22.4. The van der Waals surface area contributed by atoms with Crippen LogP contribution in [-0.4, -0.2) is 50.5 Å². The molecular weight excluding hydrogens is 312 g/mol. The van der Waals surface area contributed by atoms with Crippen LogP contribution in [0.1, 0.15) is 45.4 Å². The Morgan fingerprint density at radius 2 is 1.88 bits per heavy atom. The molecule has 0 saturated heterocycles. The van der Waals surface area contributed by atoms with Crippen molar-refractivity contribution in [3.63, 3.8) is 0 Å². The molecule has 0 heterocycles. The zero-order chi connectivity index (χ0) is 18.1. The smallest absolute Gasteiger partial charge is 0.303 e. The highest BCUT2D eigenvalue weighted by Gasteiger charge is 2.41. The topological polar surface area (TPSA) is 115 Å². The van der Waals surface area contributed by atoms with Crippen molar-refractivity contribution in [3.05, 3.63) is 24.3 Å². The molecule has 6 nitrogen and oxygen atoms in total. The number of carboxylic acid groups (broad SMARTS) is 1. The number of carbonyl (C=O) groups excluding carboxylic acids is 1. The number of aliphatic hydroxyl groups is 3. The average Bonchev–Trinajstić information content (AvgIpc) is 2.77. The fourth-order valence-corrected chi connectivity index (χ4v) is 3.01. The van der Waals surface area contributed by atoms with E-state index in [0.717, 1.165) is 6.42 Å². The van der Waals surface area contributed by atoms with Gasteiger partial charge in [-0.1, -0.05) is 31.2 Å². The minimum Gasteiger partial charge on any atom is -0.481 e. The van der Waals surface area contributed by atoms with Gasteiger partial charge in [-0.2, -0.15) is 0 Å². The van der Waals surface area contributed by atoms with E-state index in [2.05, 4.69) is 0 Å². The van der Waals surface area contributed by atoms with Gasteiger partial charge in [-0.15, -0.1) is 0 Å². The van der Waals surface area contributed by atoms with E-state index in [9.17, 15) is 24.9 Å². The zero-order valence-corrected chi connectivity index (χ0v) is 14.0. The van der Waals surface area contributed by atoms with Gasteiger partial charge in [0.05, 0.1) is 24.7 Å². The van der Waals surface area contributed by atoms with Crippen LogP contribution in [0.15, 0.2) is 24.3 Å². The Bertz CT molecular complexity index is 470. The molecule has 1 rings (SSSR count). The summed E-state index contributed by atoms with van der Waals surface area (Å²) in [6.07, 6.45) is 6.10. The second-order valence-electron chi connectivity index (χ2n) is 6.32. The molecule has 0 aliphatic heterocycles. The van der Waals surface area contributed by atoms with Crippen LogP contribution in [0.5, 0.6) is 0 Å². The molecule has 4 N–H and O–H groups in total. The number of ketones is 1. The van der Waals surface area contributed by atoms with Crippen LogP contribution < -0.4 is 0 Å². The maximum atomic E-state index is 11.9. The maximum absolute atomic E-state index is 11.9. The number of carbonyl (C=O) groups is 2. The number of hydrogen-bond acceptors (Lipinski definition) is 5. The molecule has 0 amide bonds. The molecule has 0 radical (unpaired) electrons. The van der Waals surface area contributed by atoms with Gasteiger partial charge in [0.1, 0.15) is 5.78 Å². The summed E-state index contributed by atoms with van der Waals surface area (Å²) in [7, 11) is 0. The van der Waals surface area contributed by atoms with Crippen molar-refractivity contribution < 1.29 is 30.0 Å². The Kier molecular flexibility index (Phi) is 8.89. The summed E-state index contributed by atoms with van der Waals surface area (Å²) >= 11 is 0. The summed E-state index contributed by atoms with van der Waals surface area (Å²) in [6, 6.07) is 0. The molecular formula is C18H28O6. The van der Waals surface area contributed by atoms with E-state index in [1.807, 2.05) is 19.1 Å². The summed E-state index contributed by atoms with van der Waals surface area (Å²) in [6.45, 7) is 2.00. The minimum absolute atomic E-state index is 0.0341. The number of carboxylic acids is 1. The molecule has 6 heteroatoms. The van der Waals surface area contributed by atoms with E-state index in [4.69, 9.17) is 5.11 Å². The first-order chi connectivity index (χ1) is 11.3. The summed E-state index contributed by atoms with van der Waals surface area (Å²) in [5.74, 6) is -2.13. The summed E-state index contributed by atoms with van der Waals surface area (Å²) < 4.78 is 0. The van der Waals surface area contributed by atoms with Gasteiger partial charge in [-0.05, 0) is 12.8 Å². The Morgan fingerprint density at radius 1 is 1.17 bits per heavy atom. The molecule has 0 unspecified atom stereocenters. The molecule has 1 aliphatic rings. The van der Waals surface area contributed by atoms with E-state index in [1.54, 1.807) is 12.2 Å². The molecule has 136 valence electrons. The molecule has 5 atom stereocenters. The first-order valence-electron chi connectivity index (χ1n) is 8.46. The van der Waals surface area contributed by atoms with Crippen molar-refractivity contribution in [2.45, 2.75) is 63.8 Å². The maximum Gasteiger partial charge on any atom is 0.303 e. The zero-order valence-electron chi connectivity index (χ0n) is 14.0. The van der Waals surface area contributed by atoms with Gasteiger partial charge < -0.3 is 20.4 Å². The standard InChI is InChI=1S/C18H28O6/c1-2-3-4-5-12(19)6-8-14-15(17(22)11-16(14)21)10-13(20)7-9-18(23)24/h3-4,6,8,12,14-17,19,21-22H,2,5,7,9-11H2,1H3,(H,23,24)/b4-3+,8-6+/t12-,14+,15+,16+,17-/m0/s1. The first-order valence-corrected chi connectivity index (χ1v) is 8.46. The lowest BCUT2D eigenvalue weighted by molar-refractivity contribution is -0.138. The van der Waals surface area contributed by atoms with Crippen LogP contribution in [0.4, 0.5) is 0 Å². The molecule has 1 fully saturated rings. The third-order valence-electron chi connectivity index (χ3n) is 4.33. The molecule has 0 aromatic rings. The lowest BCUT2D eigenvalue weighted by Crippen LogP contribution is -2.24. The third-order valence-corrected chi connectivity index (χ3v) is 4.33. The Hall–Kier alpha value is -1.50. The van der Waals surface area contributed by atoms with E-state index < -0.39 is 36.1 Å². The van der Waals surface area contributed by atoms with Gasteiger partial charge in [0, 0.05) is 31.1 Å². The Morgan fingerprint density at radius 3 is 2.50 bits per heavy atom. The number of aliphatic hydroxyl groups excluding tert-OH is 3. The van der Waals surface area contributed by atoms with Crippen molar-refractivity contribution in [1.82, 2.24) is 0 Å². The van der Waals surface area contributed by atoms with Gasteiger partial charge in [0.25, 0.3) is 0 Å². The Labute approximate surface area is 142 Å². The number of allylic oxidation sites excluding steroid dienone is 1. The average molecular weight is 340 g/mol. The molecule has 0 bridgehead atoms. The highest BCUT2D eigenvalue weighted by molar-refractivity contribution is 5.82. The highest BCUT2D eigenvalue weighted by Crippen LogP contribution is 2.36. The predicted molar refractivity (Wildman–Crippen MR) is 89.3 cm³/mol. The van der Waals surface area contributed by atoms with Crippen molar-refractivity contribution in [1.29, 1.82) is 0 Å². The molecule has 1 aliphatic carbocycles. The van der Waals surface area contributed by atoms with Crippen LogP contribution in [0.25, 0.3) is 0 Å². The van der Waals surface area contributed by atoms with Crippen LogP contribution >= 0.6 is 0 Å². The van der Waals surface area contributed by atoms with E-state index in [1.165, 1.54) is 0 Å². The van der Waals surface area contributed by atoms with Gasteiger partial charge in [0.15, 0.2) is 0 Å². The van der Waals surface area contributed by atoms with Gasteiger partial charge in [-0.25, -0.2) is 0 Å². The molecule has 0 aromatic carbocycles. The van der Waals surface area contributed by atoms with Crippen molar-refractivity contribution in [2.24, 2.45) is 11.8 Å². The van der Waals surface area contributed by atoms with E-state index >= 15 is 0 Å². The van der Waals surface area contributed by atoms with Gasteiger partial charge >= 0.3 is 5.97 Å². The second kappa shape index (κ2) is 10.4. The highest BCUT2D eigenvalue weighted by atomic mass is 16.4. The van der Waals surface area contributed by atoms with Crippen LogP contribution in [0.2, 0.25) is 0 Å². The van der Waals surface area contributed by atoms with Crippen molar-refractivity contribution in [2.75, 3.05) is 0 Å². The number of aliphatic carboxylic acids is 1. The van der Waals surface area contributed by atoms with Gasteiger partial charge in [0.2, 0.25) is 0 Å². The number of Topliss-reactive ketones (excluding diaryl/α,β-unsaturated/α-hetero) is 1. The normalized spacial score (nSPS) is 28.7. The summed E-state index contributed by atoms with van der Waals surface area (Å²) in [5, 5.41) is 38.6. The second-order valence-corrected chi connectivity index (χ2v) is 6.32. The lowest BCUT2D eigenvalue weighted by atomic mass is 9.87. The molecule has 0 aromatic heterocycles. The minimum atomic E-state index is -1.03. The lowest BCUT2D eigenvalue weighted by Gasteiger charge is -2.20. The van der Waals surface area contributed by atoms with Crippen molar-refractivity contribution >= 4 is 11.8 Å². The van der Waals surface area contributed by atoms with Crippen molar-refractivity contribution in [3.8, 4) is 0 Å². The van der Waals surface area contributed by atoms with Crippen LogP contribution in [0, 0.1) is 11.8 Å². The van der Waals surface area contributed by atoms with Crippen LogP contribution in [0.3, 0.4) is 0 Å². The van der Waals surface area contributed by atoms with Gasteiger partial charge in [-0.3, -0.25) is 9.59 Å². The molecule has 24 heavy (non-hydrogen) atoms. The first kappa shape index (κ1) is 20.5. The van der Waals surface area contributed by atoms with Crippen LogP contribution in [-0.2, 0) is 9.59 Å². The van der Waals surface area contributed by atoms with E-state index in [-0.39, 0.29) is 31.5 Å². The molecule has 1 saturated carbocycles. The largest absolute Gasteiger partial charge is 0.481 e. The van der Waals surface area contributed by atoms with E-state index in [0.29, 0.717) is 6.42 Å².